The molecule has 0 saturated heterocycles. The van der Waals surface area contributed by atoms with Gasteiger partial charge in [0.25, 0.3) is 5.91 Å². The van der Waals surface area contributed by atoms with Gasteiger partial charge in [0.15, 0.2) is 11.6 Å². The minimum Gasteiger partial charge on any atom is -0.497 e. The number of carbonyl (C=O) groups excluding carboxylic acids is 1. The number of hydrogen-bond acceptors (Lipinski definition) is 4. The quantitative estimate of drug-likeness (QED) is 0.695. The van der Waals surface area contributed by atoms with E-state index < -0.39 is 0 Å². The molecule has 0 unspecified atom stereocenters. The molecule has 1 aliphatic rings. The van der Waals surface area contributed by atoms with Crippen LogP contribution in [-0.2, 0) is 6.54 Å². The first-order valence-corrected chi connectivity index (χ1v) is 9.53. The van der Waals surface area contributed by atoms with Crippen LogP contribution in [0.4, 0.5) is 0 Å². The lowest BCUT2D eigenvalue weighted by Gasteiger charge is -2.37. The number of hydrogen-bond donors (Lipinski definition) is 0. The van der Waals surface area contributed by atoms with Crippen LogP contribution >= 0.6 is 0 Å². The molecule has 2 aromatic carbocycles. The highest BCUT2D eigenvalue weighted by Crippen LogP contribution is 2.33. The molecule has 1 aliphatic heterocycles. The second kappa shape index (κ2) is 7.46. The fraction of sp³-hybridized carbons (Fsp3) is 0.318. The summed E-state index contributed by atoms with van der Waals surface area (Å²) in [5.41, 5.74) is 1.61. The first-order chi connectivity index (χ1) is 13.6. The summed E-state index contributed by atoms with van der Waals surface area (Å²) in [7, 11) is 1.61. The molecule has 1 atom stereocenters. The molecule has 0 spiro atoms. The molecule has 1 amide bonds. The van der Waals surface area contributed by atoms with E-state index in [0.29, 0.717) is 30.2 Å². The van der Waals surface area contributed by atoms with Crippen LogP contribution < -0.4 is 4.74 Å². The van der Waals surface area contributed by atoms with E-state index in [1.165, 1.54) is 0 Å². The van der Waals surface area contributed by atoms with E-state index in [-0.39, 0.29) is 17.9 Å². The number of carbonyl (C=O) groups is 1. The van der Waals surface area contributed by atoms with Crippen molar-refractivity contribution < 1.29 is 9.53 Å². The highest BCUT2D eigenvalue weighted by atomic mass is 16.5. The zero-order valence-corrected chi connectivity index (χ0v) is 16.4. The van der Waals surface area contributed by atoms with Gasteiger partial charge in [-0.1, -0.05) is 50.2 Å². The molecule has 0 radical (unpaired) electrons. The molecule has 0 bridgehead atoms. The summed E-state index contributed by atoms with van der Waals surface area (Å²) in [6.07, 6.45) is 0. The van der Waals surface area contributed by atoms with Crippen LogP contribution in [0.1, 0.15) is 36.1 Å². The third-order valence-corrected chi connectivity index (χ3v) is 5.09. The predicted octanol–water partition coefficient (Wildman–Crippen LogP) is 3.81. The topological polar surface area (TPSA) is 60.2 Å². The van der Waals surface area contributed by atoms with Gasteiger partial charge in [-0.25, -0.2) is 9.67 Å². The van der Waals surface area contributed by atoms with Crippen LogP contribution in [0.3, 0.4) is 0 Å². The number of rotatable bonds is 4. The van der Waals surface area contributed by atoms with Gasteiger partial charge in [0.2, 0.25) is 0 Å². The SMILES string of the molecule is COc1cccc(C(=O)N2CCn3nc(-c4ccccc4)nc3[C@@H]2C(C)C)c1. The zero-order valence-electron chi connectivity index (χ0n) is 16.4. The summed E-state index contributed by atoms with van der Waals surface area (Å²) in [5.74, 6) is 2.43. The van der Waals surface area contributed by atoms with Crippen LogP contribution in [0.5, 0.6) is 5.75 Å². The Bertz CT molecular complexity index is 981. The Morgan fingerprint density at radius 3 is 2.61 bits per heavy atom. The van der Waals surface area contributed by atoms with Crippen LogP contribution in [0.15, 0.2) is 54.6 Å². The molecular formula is C22H24N4O2. The van der Waals surface area contributed by atoms with Gasteiger partial charge in [0.1, 0.15) is 5.75 Å². The standard InChI is InChI=1S/C22H24N4O2/c1-15(2)19-21-23-20(16-8-5-4-6-9-16)24-26(21)13-12-25(19)22(27)17-10-7-11-18(14-17)28-3/h4-11,14-15,19H,12-13H2,1-3H3/t19-/m0/s1. The van der Waals surface area contributed by atoms with Gasteiger partial charge >= 0.3 is 0 Å². The number of nitrogens with zero attached hydrogens (tertiary/aromatic N) is 4. The summed E-state index contributed by atoms with van der Waals surface area (Å²) >= 11 is 0. The van der Waals surface area contributed by atoms with Crippen molar-refractivity contribution in [3.8, 4) is 17.1 Å². The van der Waals surface area contributed by atoms with Gasteiger partial charge in [0, 0.05) is 17.7 Å². The lowest BCUT2D eigenvalue weighted by molar-refractivity contribution is 0.0536. The summed E-state index contributed by atoms with van der Waals surface area (Å²) in [6.45, 7) is 5.46. The second-order valence-electron chi connectivity index (χ2n) is 7.30. The fourth-order valence-electron chi connectivity index (χ4n) is 3.74. The Morgan fingerprint density at radius 2 is 1.89 bits per heavy atom. The molecule has 1 aromatic heterocycles. The van der Waals surface area contributed by atoms with E-state index >= 15 is 0 Å². The number of ether oxygens (including phenoxy) is 1. The van der Waals surface area contributed by atoms with Crippen LogP contribution in [0.25, 0.3) is 11.4 Å². The minimum atomic E-state index is -0.127. The van der Waals surface area contributed by atoms with Gasteiger partial charge < -0.3 is 9.64 Å². The van der Waals surface area contributed by atoms with Crippen molar-refractivity contribution in [3.63, 3.8) is 0 Å². The van der Waals surface area contributed by atoms with E-state index in [1.807, 2.05) is 58.1 Å². The van der Waals surface area contributed by atoms with Crippen LogP contribution in [0.2, 0.25) is 0 Å². The van der Waals surface area contributed by atoms with Gasteiger partial charge in [0.05, 0.1) is 19.7 Å². The number of benzene rings is 2. The van der Waals surface area contributed by atoms with Crippen molar-refractivity contribution >= 4 is 5.91 Å². The van der Waals surface area contributed by atoms with E-state index in [4.69, 9.17) is 14.8 Å². The van der Waals surface area contributed by atoms with Crippen molar-refractivity contribution in [2.45, 2.75) is 26.4 Å². The lowest BCUT2D eigenvalue weighted by atomic mass is 9.98. The van der Waals surface area contributed by atoms with Gasteiger partial charge in [-0.3, -0.25) is 4.79 Å². The molecule has 0 aliphatic carbocycles. The molecule has 6 heteroatoms. The molecule has 0 fully saturated rings. The average Bonchev–Trinajstić information content (AvgIpc) is 3.17. The predicted molar refractivity (Wildman–Crippen MR) is 107 cm³/mol. The maximum absolute atomic E-state index is 13.3. The van der Waals surface area contributed by atoms with Crippen molar-refractivity contribution in [3.05, 3.63) is 66.0 Å². The Morgan fingerprint density at radius 1 is 1.11 bits per heavy atom. The first-order valence-electron chi connectivity index (χ1n) is 9.53. The lowest BCUT2D eigenvalue weighted by Crippen LogP contribution is -2.44. The highest BCUT2D eigenvalue weighted by molar-refractivity contribution is 5.95. The first kappa shape index (κ1) is 18.2. The molecule has 0 N–H and O–H groups in total. The molecule has 2 heterocycles. The van der Waals surface area contributed by atoms with Gasteiger partial charge in [-0.2, -0.15) is 5.10 Å². The molecule has 3 aromatic rings. The largest absolute Gasteiger partial charge is 0.497 e. The average molecular weight is 376 g/mol. The van der Waals surface area contributed by atoms with Crippen molar-refractivity contribution in [1.29, 1.82) is 0 Å². The molecule has 28 heavy (non-hydrogen) atoms. The zero-order chi connectivity index (χ0) is 19.7. The monoisotopic (exact) mass is 376 g/mol. The summed E-state index contributed by atoms with van der Waals surface area (Å²) < 4.78 is 7.22. The molecular weight excluding hydrogens is 352 g/mol. The van der Waals surface area contributed by atoms with Crippen molar-refractivity contribution in [2.24, 2.45) is 5.92 Å². The fourth-order valence-corrected chi connectivity index (χ4v) is 3.74. The third kappa shape index (κ3) is 3.26. The van der Waals surface area contributed by atoms with E-state index in [1.54, 1.807) is 13.2 Å². The maximum Gasteiger partial charge on any atom is 0.254 e. The number of fused-ring (bicyclic) bond motifs is 1. The molecule has 4 rings (SSSR count). The van der Waals surface area contributed by atoms with Gasteiger partial charge in [-0.15, -0.1) is 0 Å². The van der Waals surface area contributed by atoms with Crippen LogP contribution in [-0.4, -0.2) is 39.2 Å². The summed E-state index contributed by atoms with van der Waals surface area (Å²) in [5, 5.41) is 4.70. The summed E-state index contributed by atoms with van der Waals surface area (Å²) in [4.78, 5) is 20.0. The Labute approximate surface area is 164 Å². The number of methoxy groups -OCH3 is 1. The van der Waals surface area contributed by atoms with Crippen molar-refractivity contribution in [1.82, 2.24) is 19.7 Å². The van der Waals surface area contributed by atoms with Gasteiger partial charge in [-0.05, 0) is 24.1 Å². The van der Waals surface area contributed by atoms with E-state index in [9.17, 15) is 4.79 Å². The Kier molecular flexibility index (Phi) is 4.86. The second-order valence-corrected chi connectivity index (χ2v) is 7.30. The van der Waals surface area contributed by atoms with E-state index in [2.05, 4.69) is 13.8 Å². The summed E-state index contributed by atoms with van der Waals surface area (Å²) in [6, 6.07) is 17.1. The highest BCUT2D eigenvalue weighted by Gasteiger charge is 2.36. The molecule has 6 nitrogen and oxygen atoms in total. The number of aromatic nitrogens is 3. The van der Waals surface area contributed by atoms with Crippen LogP contribution in [0, 0.1) is 5.92 Å². The Balaban J connectivity index is 1.70. The van der Waals surface area contributed by atoms with Crippen molar-refractivity contribution in [2.75, 3.05) is 13.7 Å². The maximum atomic E-state index is 13.3. The molecule has 144 valence electrons. The van der Waals surface area contributed by atoms with E-state index in [0.717, 1.165) is 11.4 Å². The Hall–Kier alpha value is -3.15. The normalized spacial score (nSPS) is 16.1. The third-order valence-electron chi connectivity index (χ3n) is 5.09. The minimum absolute atomic E-state index is 0.00638. The smallest absolute Gasteiger partial charge is 0.254 e. The number of amides is 1. The molecule has 0 saturated carbocycles.